The smallest absolute Gasteiger partial charge is 0.123 e. The second-order valence-electron chi connectivity index (χ2n) is 3.25. The SMILES string of the molecule is Cc1ccc(C)c(C(C)N)c1O. The van der Waals surface area contributed by atoms with E-state index in [0.29, 0.717) is 5.75 Å². The number of aryl methyl sites for hydroxylation is 2. The number of hydrogen-bond acceptors (Lipinski definition) is 2. The highest BCUT2D eigenvalue weighted by atomic mass is 16.3. The molecule has 0 aliphatic carbocycles. The molecule has 0 aliphatic heterocycles. The minimum absolute atomic E-state index is 0.107. The van der Waals surface area contributed by atoms with Gasteiger partial charge in [0.1, 0.15) is 5.75 Å². The predicted octanol–water partition coefficient (Wildman–Crippen LogP) is 2.03. The molecule has 1 unspecified atom stereocenters. The Balaban J connectivity index is 3.33. The first-order chi connectivity index (χ1) is 5.54. The van der Waals surface area contributed by atoms with Crippen LogP contribution in [0.4, 0.5) is 0 Å². The molecule has 66 valence electrons. The van der Waals surface area contributed by atoms with Gasteiger partial charge in [0, 0.05) is 11.6 Å². The first-order valence-electron chi connectivity index (χ1n) is 4.08. The maximum Gasteiger partial charge on any atom is 0.123 e. The van der Waals surface area contributed by atoms with Crippen LogP contribution in [0.25, 0.3) is 0 Å². The fourth-order valence-corrected chi connectivity index (χ4v) is 1.39. The van der Waals surface area contributed by atoms with Crippen LogP contribution in [0.1, 0.15) is 29.7 Å². The van der Waals surface area contributed by atoms with Crippen molar-refractivity contribution in [2.24, 2.45) is 5.73 Å². The van der Waals surface area contributed by atoms with Gasteiger partial charge >= 0.3 is 0 Å². The molecule has 1 atom stereocenters. The number of nitrogens with two attached hydrogens (primary N) is 1. The minimum Gasteiger partial charge on any atom is -0.507 e. The van der Waals surface area contributed by atoms with Gasteiger partial charge in [-0.15, -0.1) is 0 Å². The third kappa shape index (κ3) is 1.43. The Morgan fingerprint density at radius 1 is 1.25 bits per heavy atom. The molecule has 1 aromatic rings. The second kappa shape index (κ2) is 3.15. The summed E-state index contributed by atoms with van der Waals surface area (Å²) >= 11 is 0. The van der Waals surface area contributed by atoms with E-state index in [4.69, 9.17) is 5.73 Å². The van der Waals surface area contributed by atoms with E-state index >= 15 is 0 Å². The molecule has 0 saturated carbocycles. The molecule has 0 fully saturated rings. The van der Waals surface area contributed by atoms with Gasteiger partial charge in [-0.25, -0.2) is 0 Å². The van der Waals surface area contributed by atoms with Gasteiger partial charge in [-0.3, -0.25) is 0 Å². The lowest BCUT2D eigenvalue weighted by Gasteiger charge is -2.13. The molecule has 3 N–H and O–H groups in total. The second-order valence-corrected chi connectivity index (χ2v) is 3.25. The maximum absolute atomic E-state index is 9.67. The molecular formula is C10H15NO. The predicted molar refractivity (Wildman–Crippen MR) is 50.2 cm³/mol. The Morgan fingerprint density at radius 2 is 1.75 bits per heavy atom. The van der Waals surface area contributed by atoms with Crippen LogP contribution in [0.15, 0.2) is 12.1 Å². The molecule has 0 radical (unpaired) electrons. The van der Waals surface area contributed by atoms with Crippen molar-refractivity contribution in [2.75, 3.05) is 0 Å². The molecule has 2 nitrogen and oxygen atoms in total. The normalized spacial score (nSPS) is 13.0. The number of phenols is 1. The van der Waals surface area contributed by atoms with E-state index in [0.717, 1.165) is 16.7 Å². The summed E-state index contributed by atoms with van der Waals surface area (Å²) in [7, 11) is 0. The summed E-state index contributed by atoms with van der Waals surface area (Å²) in [6, 6.07) is 3.77. The molecule has 0 aromatic heterocycles. The van der Waals surface area contributed by atoms with Gasteiger partial charge in [-0.05, 0) is 31.9 Å². The van der Waals surface area contributed by atoms with Crippen LogP contribution in [0.2, 0.25) is 0 Å². The van der Waals surface area contributed by atoms with Gasteiger partial charge in [-0.1, -0.05) is 12.1 Å². The van der Waals surface area contributed by atoms with Crippen LogP contribution in [-0.2, 0) is 0 Å². The lowest BCUT2D eigenvalue weighted by atomic mass is 9.99. The molecule has 2 heteroatoms. The van der Waals surface area contributed by atoms with E-state index in [9.17, 15) is 5.11 Å². The monoisotopic (exact) mass is 165 g/mol. The number of rotatable bonds is 1. The highest BCUT2D eigenvalue weighted by molar-refractivity contribution is 5.45. The van der Waals surface area contributed by atoms with Crippen LogP contribution in [0.3, 0.4) is 0 Å². The lowest BCUT2D eigenvalue weighted by Crippen LogP contribution is -2.07. The van der Waals surface area contributed by atoms with E-state index in [-0.39, 0.29) is 6.04 Å². The summed E-state index contributed by atoms with van der Waals surface area (Å²) < 4.78 is 0. The molecule has 0 aliphatic rings. The number of phenolic OH excluding ortho intramolecular Hbond substituents is 1. The van der Waals surface area contributed by atoms with Crippen molar-refractivity contribution in [3.8, 4) is 5.75 Å². The molecule has 0 heterocycles. The van der Waals surface area contributed by atoms with Gasteiger partial charge in [0.15, 0.2) is 0 Å². The Hall–Kier alpha value is -1.02. The van der Waals surface area contributed by atoms with Gasteiger partial charge in [0.2, 0.25) is 0 Å². The number of aromatic hydroxyl groups is 1. The topological polar surface area (TPSA) is 46.2 Å². The molecule has 0 bridgehead atoms. The van der Waals surface area contributed by atoms with Crippen molar-refractivity contribution in [3.63, 3.8) is 0 Å². The van der Waals surface area contributed by atoms with Crippen LogP contribution < -0.4 is 5.73 Å². The van der Waals surface area contributed by atoms with Gasteiger partial charge in [0.25, 0.3) is 0 Å². The average molecular weight is 165 g/mol. The molecule has 1 rings (SSSR count). The van der Waals surface area contributed by atoms with E-state index in [1.807, 2.05) is 32.9 Å². The Bertz CT molecular complexity index is 292. The standard InChI is InChI=1S/C10H15NO/c1-6-4-5-7(2)10(12)9(6)8(3)11/h4-5,8,12H,11H2,1-3H3. The number of hydrogen-bond donors (Lipinski definition) is 2. The van der Waals surface area contributed by atoms with Gasteiger partial charge in [0.05, 0.1) is 0 Å². The van der Waals surface area contributed by atoms with Crippen molar-refractivity contribution in [1.29, 1.82) is 0 Å². The van der Waals surface area contributed by atoms with Gasteiger partial charge < -0.3 is 10.8 Å². The summed E-state index contributed by atoms with van der Waals surface area (Å²) in [4.78, 5) is 0. The number of benzene rings is 1. The van der Waals surface area contributed by atoms with Crippen LogP contribution in [-0.4, -0.2) is 5.11 Å². The summed E-state index contributed by atoms with van der Waals surface area (Å²) in [5.41, 5.74) is 8.51. The zero-order valence-electron chi connectivity index (χ0n) is 7.76. The zero-order chi connectivity index (χ0) is 9.30. The first-order valence-corrected chi connectivity index (χ1v) is 4.08. The van der Waals surface area contributed by atoms with E-state index in [1.165, 1.54) is 0 Å². The fraction of sp³-hybridized carbons (Fsp3) is 0.400. The summed E-state index contributed by atoms with van der Waals surface area (Å²) in [5, 5.41) is 9.67. The highest BCUT2D eigenvalue weighted by Gasteiger charge is 2.10. The Labute approximate surface area is 73.0 Å². The molecule has 0 spiro atoms. The molecule has 0 saturated heterocycles. The van der Waals surface area contributed by atoms with Crippen LogP contribution in [0.5, 0.6) is 5.75 Å². The van der Waals surface area contributed by atoms with Crippen molar-refractivity contribution in [2.45, 2.75) is 26.8 Å². The highest BCUT2D eigenvalue weighted by Crippen LogP contribution is 2.29. The third-order valence-corrected chi connectivity index (χ3v) is 2.09. The Kier molecular flexibility index (Phi) is 2.38. The third-order valence-electron chi connectivity index (χ3n) is 2.09. The molecule has 12 heavy (non-hydrogen) atoms. The van der Waals surface area contributed by atoms with Crippen molar-refractivity contribution in [3.05, 3.63) is 28.8 Å². The molecular weight excluding hydrogens is 150 g/mol. The van der Waals surface area contributed by atoms with Crippen molar-refractivity contribution >= 4 is 0 Å². The first kappa shape index (κ1) is 9.07. The fourth-order valence-electron chi connectivity index (χ4n) is 1.39. The summed E-state index contributed by atoms with van der Waals surface area (Å²) in [5.74, 6) is 0.338. The van der Waals surface area contributed by atoms with E-state index in [2.05, 4.69) is 0 Å². The quantitative estimate of drug-likeness (QED) is 0.668. The van der Waals surface area contributed by atoms with Gasteiger partial charge in [-0.2, -0.15) is 0 Å². The minimum atomic E-state index is -0.107. The largest absolute Gasteiger partial charge is 0.507 e. The summed E-state index contributed by atoms with van der Waals surface area (Å²) in [6.07, 6.45) is 0. The summed E-state index contributed by atoms with van der Waals surface area (Å²) in [6.45, 7) is 5.71. The van der Waals surface area contributed by atoms with E-state index in [1.54, 1.807) is 0 Å². The van der Waals surface area contributed by atoms with E-state index < -0.39 is 0 Å². The molecule has 1 aromatic carbocycles. The maximum atomic E-state index is 9.67. The average Bonchev–Trinajstić information content (AvgIpc) is 1.97. The molecule has 0 amide bonds. The van der Waals surface area contributed by atoms with Crippen molar-refractivity contribution in [1.82, 2.24) is 0 Å². The zero-order valence-corrected chi connectivity index (χ0v) is 7.76. The lowest BCUT2D eigenvalue weighted by molar-refractivity contribution is 0.458. The van der Waals surface area contributed by atoms with Crippen LogP contribution >= 0.6 is 0 Å². The Morgan fingerprint density at radius 3 is 2.17 bits per heavy atom. The van der Waals surface area contributed by atoms with Crippen molar-refractivity contribution < 1.29 is 5.11 Å². The van der Waals surface area contributed by atoms with Crippen LogP contribution in [0, 0.1) is 13.8 Å².